The first kappa shape index (κ1) is 7.72. The molecule has 3 amide bonds. The molecule has 0 aliphatic carbocycles. The smallest absolute Gasteiger partial charge is 0.326 e. The number of nitrogens with two attached hydrogens (primary N) is 1. The molecule has 2 heterocycles. The summed E-state index contributed by atoms with van der Waals surface area (Å²) in [5.41, 5.74) is 6.14. The molecule has 1 aliphatic rings. The topological polar surface area (TPSA) is 76.3 Å². The van der Waals surface area contributed by atoms with Gasteiger partial charge in [-0.2, -0.15) is 0 Å². The Morgan fingerprint density at radius 2 is 2.38 bits per heavy atom. The highest BCUT2D eigenvalue weighted by Crippen LogP contribution is 2.25. The number of hydrogen-bond donors (Lipinski definition) is 1. The predicted octanol–water partition coefficient (Wildman–Crippen LogP) is 0.0494. The summed E-state index contributed by atoms with van der Waals surface area (Å²) in [4.78, 5) is 27.1. The molecule has 0 saturated heterocycles. The van der Waals surface area contributed by atoms with Crippen molar-refractivity contribution >= 4 is 17.6 Å². The molecule has 0 fully saturated rings. The van der Waals surface area contributed by atoms with Crippen molar-refractivity contribution in [2.45, 2.75) is 6.42 Å². The number of hydrogen-bond acceptors (Lipinski definition) is 3. The Labute approximate surface area is 74.2 Å². The molecule has 5 nitrogen and oxygen atoms in total. The maximum Gasteiger partial charge on any atom is 0.326 e. The fourth-order valence-corrected chi connectivity index (χ4v) is 1.37. The maximum atomic E-state index is 11.3. The van der Waals surface area contributed by atoms with Gasteiger partial charge in [0, 0.05) is 6.20 Å². The van der Waals surface area contributed by atoms with Gasteiger partial charge in [0.1, 0.15) is 0 Å². The third kappa shape index (κ3) is 1.05. The van der Waals surface area contributed by atoms with Crippen LogP contribution in [0.5, 0.6) is 0 Å². The Bertz CT molecular complexity index is 389. The van der Waals surface area contributed by atoms with Gasteiger partial charge in [0.05, 0.1) is 17.8 Å². The number of pyridine rings is 1. The van der Waals surface area contributed by atoms with E-state index in [1.807, 2.05) is 0 Å². The number of anilines is 1. The molecular weight excluding hydrogens is 170 g/mol. The molecule has 0 unspecified atom stereocenters. The first-order valence-corrected chi connectivity index (χ1v) is 3.76. The average Bonchev–Trinajstić information content (AvgIpc) is 2.39. The van der Waals surface area contributed by atoms with E-state index in [1.165, 1.54) is 0 Å². The summed E-state index contributed by atoms with van der Waals surface area (Å²) in [5.74, 6) is -0.318. The number of fused-ring (bicyclic) bond motifs is 1. The number of imide groups is 1. The summed E-state index contributed by atoms with van der Waals surface area (Å²) in [6.07, 6.45) is 1.73. The van der Waals surface area contributed by atoms with Gasteiger partial charge < -0.3 is 5.73 Å². The van der Waals surface area contributed by atoms with Crippen molar-refractivity contribution in [3.8, 4) is 0 Å². The monoisotopic (exact) mass is 177 g/mol. The highest BCUT2D eigenvalue weighted by Gasteiger charge is 2.31. The van der Waals surface area contributed by atoms with Crippen LogP contribution in [0.4, 0.5) is 10.5 Å². The normalized spacial score (nSPS) is 14.5. The van der Waals surface area contributed by atoms with Crippen LogP contribution in [0.3, 0.4) is 0 Å². The number of carbonyl (C=O) groups excluding carboxylic acids is 2. The van der Waals surface area contributed by atoms with Crippen molar-refractivity contribution < 1.29 is 9.59 Å². The molecule has 0 bridgehead atoms. The average molecular weight is 177 g/mol. The number of rotatable bonds is 0. The van der Waals surface area contributed by atoms with Crippen LogP contribution < -0.4 is 10.6 Å². The number of nitrogens with zero attached hydrogens (tertiary/aromatic N) is 2. The standard InChI is InChI=1S/C8H7N3O2/c9-8(13)11-6-2-1-3-10-5(6)4-7(11)12/h1-3H,4H2,(H2,9,13). The number of carbonyl (C=O) groups is 2. The molecule has 1 aromatic rings. The Morgan fingerprint density at radius 1 is 1.62 bits per heavy atom. The molecule has 0 radical (unpaired) electrons. The first-order valence-electron chi connectivity index (χ1n) is 3.76. The molecule has 1 aliphatic heterocycles. The second kappa shape index (κ2) is 2.55. The van der Waals surface area contributed by atoms with E-state index >= 15 is 0 Å². The van der Waals surface area contributed by atoms with Crippen LogP contribution in [0.25, 0.3) is 0 Å². The van der Waals surface area contributed by atoms with Crippen molar-refractivity contribution in [2.24, 2.45) is 5.73 Å². The van der Waals surface area contributed by atoms with Crippen LogP contribution >= 0.6 is 0 Å². The highest BCUT2D eigenvalue weighted by molar-refractivity contribution is 6.17. The van der Waals surface area contributed by atoms with E-state index < -0.39 is 6.03 Å². The minimum absolute atomic E-state index is 0.152. The van der Waals surface area contributed by atoms with E-state index in [2.05, 4.69) is 4.98 Å². The number of aromatic nitrogens is 1. The molecule has 66 valence electrons. The van der Waals surface area contributed by atoms with Crippen molar-refractivity contribution in [3.63, 3.8) is 0 Å². The quantitative estimate of drug-likeness (QED) is 0.608. The lowest BCUT2D eigenvalue weighted by molar-refractivity contribution is -0.116. The Kier molecular flexibility index (Phi) is 1.51. The lowest BCUT2D eigenvalue weighted by atomic mass is 10.3. The molecule has 2 N–H and O–H groups in total. The molecule has 2 rings (SSSR count). The van der Waals surface area contributed by atoms with Crippen LogP contribution in [-0.4, -0.2) is 16.9 Å². The Hall–Kier alpha value is -1.91. The zero-order valence-electron chi connectivity index (χ0n) is 6.73. The molecule has 0 spiro atoms. The second-order valence-corrected chi connectivity index (χ2v) is 2.71. The maximum absolute atomic E-state index is 11.3. The lowest BCUT2D eigenvalue weighted by Crippen LogP contribution is -2.38. The molecular formula is C8H7N3O2. The van der Waals surface area contributed by atoms with E-state index in [1.54, 1.807) is 18.3 Å². The Morgan fingerprint density at radius 3 is 3.08 bits per heavy atom. The van der Waals surface area contributed by atoms with Gasteiger partial charge in [0.25, 0.3) is 0 Å². The highest BCUT2D eigenvalue weighted by atomic mass is 16.2. The van der Waals surface area contributed by atoms with Crippen LogP contribution in [0.2, 0.25) is 0 Å². The van der Waals surface area contributed by atoms with Crippen molar-refractivity contribution in [1.82, 2.24) is 4.98 Å². The molecule has 0 atom stereocenters. The Balaban J connectivity index is 2.52. The van der Waals surface area contributed by atoms with Crippen molar-refractivity contribution in [3.05, 3.63) is 24.0 Å². The van der Waals surface area contributed by atoms with E-state index in [0.29, 0.717) is 11.4 Å². The third-order valence-corrected chi connectivity index (χ3v) is 1.90. The summed E-state index contributed by atoms with van der Waals surface area (Å²) in [7, 11) is 0. The van der Waals surface area contributed by atoms with Gasteiger partial charge >= 0.3 is 6.03 Å². The summed E-state index contributed by atoms with van der Waals surface area (Å²) < 4.78 is 0. The van der Waals surface area contributed by atoms with Gasteiger partial charge in [0.15, 0.2) is 0 Å². The predicted molar refractivity (Wildman–Crippen MR) is 45.0 cm³/mol. The van der Waals surface area contributed by atoms with E-state index in [4.69, 9.17) is 5.73 Å². The van der Waals surface area contributed by atoms with Gasteiger partial charge in [-0.15, -0.1) is 0 Å². The van der Waals surface area contributed by atoms with E-state index in [0.717, 1.165) is 4.90 Å². The second-order valence-electron chi connectivity index (χ2n) is 2.71. The summed E-state index contributed by atoms with van der Waals surface area (Å²) in [6, 6.07) is 2.56. The van der Waals surface area contributed by atoms with Gasteiger partial charge in [0.2, 0.25) is 5.91 Å². The largest absolute Gasteiger partial charge is 0.351 e. The third-order valence-electron chi connectivity index (χ3n) is 1.90. The van der Waals surface area contributed by atoms with Crippen LogP contribution in [0.1, 0.15) is 5.69 Å². The van der Waals surface area contributed by atoms with Crippen molar-refractivity contribution in [1.29, 1.82) is 0 Å². The molecule has 0 aromatic carbocycles. The number of primary amides is 1. The fraction of sp³-hybridized carbons (Fsp3) is 0.125. The van der Waals surface area contributed by atoms with Crippen LogP contribution in [-0.2, 0) is 11.2 Å². The molecule has 13 heavy (non-hydrogen) atoms. The number of urea groups is 1. The summed E-state index contributed by atoms with van der Waals surface area (Å²) >= 11 is 0. The van der Waals surface area contributed by atoms with Crippen molar-refractivity contribution in [2.75, 3.05) is 4.90 Å². The SMILES string of the molecule is NC(=O)N1C(=O)Cc2ncccc21. The minimum atomic E-state index is -0.753. The van der Waals surface area contributed by atoms with Gasteiger partial charge in [-0.1, -0.05) is 0 Å². The molecule has 0 saturated carbocycles. The fourth-order valence-electron chi connectivity index (χ4n) is 1.37. The van der Waals surface area contributed by atoms with Gasteiger partial charge in [-0.3, -0.25) is 9.78 Å². The van der Waals surface area contributed by atoms with Crippen LogP contribution in [0, 0.1) is 0 Å². The van der Waals surface area contributed by atoms with Gasteiger partial charge in [-0.05, 0) is 12.1 Å². The van der Waals surface area contributed by atoms with Crippen LogP contribution in [0.15, 0.2) is 18.3 Å². The lowest BCUT2D eigenvalue weighted by Gasteiger charge is -2.10. The zero-order valence-corrected chi connectivity index (χ0v) is 6.73. The summed E-state index contributed by atoms with van der Waals surface area (Å²) in [6.45, 7) is 0. The number of amides is 3. The minimum Gasteiger partial charge on any atom is -0.351 e. The molecule has 5 heteroatoms. The van der Waals surface area contributed by atoms with Gasteiger partial charge in [-0.25, -0.2) is 9.69 Å². The zero-order chi connectivity index (χ0) is 9.42. The molecule has 1 aromatic heterocycles. The summed E-state index contributed by atoms with van der Waals surface area (Å²) in [5, 5.41) is 0. The van der Waals surface area contributed by atoms with E-state index in [-0.39, 0.29) is 12.3 Å². The first-order chi connectivity index (χ1) is 6.20. The van der Waals surface area contributed by atoms with E-state index in [9.17, 15) is 9.59 Å².